The van der Waals surface area contributed by atoms with E-state index in [9.17, 15) is 18.0 Å². The number of halogens is 3. The average molecular weight is 337 g/mol. The van der Waals surface area contributed by atoms with Crippen LogP contribution in [0.3, 0.4) is 0 Å². The maximum Gasteiger partial charge on any atom is 0.420 e. The number of ether oxygens (including phenoxy) is 2. The van der Waals surface area contributed by atoms with E-state index in [1.807, 2.05) is 5.32 Å². The Morgan fingerprint density at radius 3 is 2.38 bits per heavy atom. The maximum atomic E-state index is 14.1. The van der Waals surface area contributed by atoms with Gasteiger partial charge in [0, 0.05) is 11.6 Å². The highest BCUT2D eigenvalue weighted by Crippen LogP contribution is 2.49. The Bertz CT molecular complexity index is 787. The maximum absolute atomic E-state index is 14.1. The van der Waals surface area contributed by atoms with Crippen molar-refractivity contribution in [3.8, 4) is 11.5 Å². The number of alkyl halides is 3. The molecule has 0 spiro atoms. The Labute approximate surface area is 136 Å². The predicted octanol–water partition coefficient (Wildman–Crippen LogP) is 3.91. The summed E-state index contributed by atoms with van der Waals surface area (Å²) < 4.78 is 52.3. The molecule has 0 unspecified atom stereocenters. The monoisotopic (exact) mass is 337 g/mol. The van der Waals surface area contributed by atoms with Crippen LogP contribution in [0.25, 0.3) is 0 Å². The standard InChI is InChI=1S/C17H14F3NO3/c1-10-3-5-11(6-4-10)16(17(18,19)20)13-8-7-12(23-2)9-14(13)24-15(22)21-16/h3-9H,1-2H3,(H,21,22)/t16-/m0/s1. The molecule has 0 radical (unpaired) electrons. The molecular formula is C17H14F3NO3. The highest BCUT2D eigenvalue weighted by molar-refractivity contribution is 5.77. The fourth-order valence-corrected chi connectivity index (χ4v) is 2.79. The summed E-state index contributed by atoms with van der Waals surface area (Å²) in [6.07, 6.45) is -5.95. The summed E-state index contributed by atoms with van der Waals surface area (Å²) in [6.45, 7) is 1.77. The first-order chi connectivity index (χ1) is 11.3. The molecule has 1 aliphatic rings. The number of rotatable bonds is 2. The molecule has 4 nitrogen and oxygen atoms in total. The minimum atomic E-state index is -4.77. The third-order valence-electron chi connectivity index (χ3n) is 3.99. The van der Waals surface area contributed by atoms with Crippen LogP contribution in [-0.2, 0) is 5.54 Å². The van der Waals surface area contributed by atoms with Crippen molar-refractivity contribution in [2.75, 3.05) is 7.11 Å². The molecule has 1 atom stereocenters. The summed E-state index contributed by atoms with van der Waals surface area (Å²) >= 11 is 0. The third-order valence-corrected chi connectivity index (χ3v) is 3.99. The van der Waals surface area contributed by atoms with Crippen LogP contribution in [0.15, 0.2) is 42.5 Å². The van der Waals surface area contributed by atoms with Gasteiger partial charge in [-0.05, 0) is 24.6 Å². The van der Waals surface area contributed by atoms with Gasteiger partial charge in [0.25, 0.3) is 0 Å². The molecule has 2 aromatic carbocycles. The average Bonchev–Trinajstić information content (AvgIpc) is 2.53. The molecule has 24 heavy (non-hydrogen) atoms. The summed E-state index contributed by atoms with van der Waals surface area (Å²) in [4.78, 5) is 11.9. The SMILES string of the molecule is COc1ccc2c(c1)OC(=O)N[C@]2(c1ccc(C)cc1)C(F)(F)F. The molecule has 126 valence electrons. The molecule has 7 heteroatoms. The van der Waals surface area contributed by atoms with Crippen LogP contribution in [-0.4, -0.2) is 19.4 Å². The summed E-state index contributed by atoms with van der Waals surface area (Å²) in [5, 5.41) is 1.97. The van der Waals surface area contributed by atoms with Gasteiger partial charge in [-0.15, -0.1) is 0 Å². The van der Waals surface area contributed by atoms with Gasteiger partial charge in [-0.2, -0.15) is 13.2 Å². The van der Waals surface area contributed by atoms with Gasteiger partial charge in [0.05, 0.1) is 7.11 Å². The summed E-state index contributed by atoms with van der Waals surface area (Å²) in [6, 6.07) is 9.74. The quantitative estimate of drug-likeness (QED) is 0.904. The molecule has 0 fully saturated rings. The van der Waals surface area contributed by atoms with Crippen molar-refractivity contribution >= 4 is 6.09 Å². The molecular weight excluding hydrogens is 323 g/mol. The van der Waals surface area contributed by atoms with E-state index < -0.39 is 17.8 Å². The van der Waals surface area contributed by atoms with Gasteiger partial charge in [0.15, 0.2) is 5.54 Å². The van der Waals surface area contributed by atoms with E-state index >= 15 is 0 Å². The van der Waals surface area contributed by atoms with E-state index in [4.69, 9.17) is 9.47 Å². The van der Waals surface area contributed by atoms with Crippen LogP contribution in [0.4, 0.5) is 18.0 Å². The number of hydrogen-bond donors (Lipinski definition) is 1. The second-order valence-corrected chi connectivity index (χ2v) is 5.49. The number of methoxy groups -OCH3 is 1. The van der Waals surface area contributed by atoms with Crippen LogP contribution < -0.4 is 14.8 Å². The minimum absolute atomic E-state index is 0.0938. The van der Waals surface area contributed by atoms with Gasteiger partial charge in [-0.1, -0.05) is 29.8 Å². The lowest BCUT2D eigenvalue weighted by atomic mass is 9.80. The molecule has 0 saturated heterocycles. The van der Waals surface area contributed by atoms with E-state index in [-0.39, 0.29) is 16.9 Å². The normalized spacial score (nSPS) is 20.0. The molecule has 2 aromatic rings. The Morgan fingerprint density at radius 1 is 1.12 bits per heavy atom. The fraction of sp³-hybridized carbons (Fsp3) is 0.235. The molecule has 1 heterocycles. The zero-order valence-corrected chi connectivity index (χ0v) is 12.9. The van der Waals surface area contributed by atoms with Gasteiger partial charge >= 0.3 is 12.3 Å². The van der Waals surface area contributed by atoms with Crippen molar-refractivity contribution in [2.45, 2.75) is 18.6 Å². The first kappa shape index (κ1) is 16.2. The molecule has 3 rings (SSSR count). The van der Waals surface area contributed by atoms with Crippen molar-refractivity contribution in [3.63, 3.8) is 0 Å². The number of amides is 1. The van der Waals surface area contributed by atoms with Gasteiger partial charge in [-0.25, -0.2) is 4.79 Å². The van der Waals surface area contributed by atoms with E-state index in [0.717, 1.165) is 5.56 Å². The second-order valence-electron chi connectivity index (χ2n) is 5.49. The third kappa shape index (κ3) is 2.36. The largest absolute Gasteiger partial charge is 0.497 e. The number of benzene rings is 2. The Balaban J connectivity index is 2.31. The van der Waals surface area contributed by atoms with Crippen LogP contribution >= 0.6 is 0 Å². The summed E-state index contributed by atoms with van der Waals surface area (Å²) in [5.74, 6) is 0.111. The van der Waals surface area contributed by atoms with E-state index in [1.54, 1.807) is 19.1 Å². The van der Waals surface area contributed by atoms with E-state index in [2.05, 4.69) is 0 Å². The molecule has 0 bridgehead atoms. The molecule has 0 aliphatic carbocycles. The number of aryl methyl sites for hydroxylation is 1. The zero-order chi connectivity index (χ0) is 17.5. The number of hydrogen-bond acceptors (Lipinski definition) is 3. The Morgan fingerprint density at radius 2 is 1.79 bits per heavy atom. The highest BCUT2D eigenvalue weighted by atomic mass is 19.4. The fourth-order valence-electron chi connectivity index (χ4n) is 2.79. The van der Waals surface area contributed by atoms with Crippen LogP contribution in [0.1, 0.15) is 16.7 Å². The number of fused-ring (bicyclic) bond motifs is 1. The lowest BCUT2D eigenvalue weighted by Crippen LogP contribution is -2.60. The number of carbonyl (C=O) groups excluding carboxylic acids is 1. The van der Waals surface area contributed by atoms with Crippen LogP contribution in [0.2, 0.25) is 0 Å². The van der Waals surface area contributed by atoms with Crippen LogP contribution in [0.5, 0.6) is 11.5 Å². The highest BCUT2D eigenvalue weighted by Gasteiger charge is 2.61. The van der Waals surface area contributed by atoms with Gasteiger partial charge in [0.1, 0.15) is 11.5 Å². The number of nitrogens with one attached hydrogen (secondary N) is 1. The van der Waals surface area contributed by atoms with Crippen molar-refractivity contribution in [2.24, 2.45) is 0 Å². The van der Waals surface area contributed by atoms with Crippen LogP contribution in [0, 0.1) is 6.92 Å². The first-order valence-corrected chi connectivity index (χ1v) is 7.10. The molecule has 1 aliphatic heterocycles. The lowest BCUT2D eigenvalue weighted by Gasteiger charge is -2.40. The van der Waals surface area contributed by atoms with E-state index in [0.29, 0.717) is 5.75 Å². The lowest BCUT2D eigenvalue weighted by molar-refractivity contribution is -0.187. The van der Waals surface area contributed by atoms with Gasteiger partial charge < -0.3 is 9.47 Å². The Hall–Kier alpha value is -2.70. The summed E-state index contributed by atoms with van der Waals surface area (Å²) in [7, 11) is 1.38. The Kier molecular flexibility index (Phi) is 3.66. The summed E-state index contributed by atoms with van der Waals surface area (Å²) in [5.41, 5.74) is -2.16. The van der Waals surface area contributed by atoms with Crippen molar-refractivity contribution in [3.05, 3.63) is 59.2 Å². The molecule has 0 saturated carbocycles. The smallest absolute Gasteiger partial charge is 0.420 e. The van der Waals surface area contributed by atoms with Crippen molar-refractivity contribution in [1.82, 2.24) is 5.32 Å². The van der Waals surface area contributed by atoms with Crippen molar-refractivity contribution in [1.29, 1.82) is 0 Å². The van der Waals surface area contributed by atoms with Crippen molar-refractivity contribution < 1.29 is 27.4 Å². The predicted molar refractivity (Wildman–Crippen MR) is 80.2 cm³/mol. The minimum Gasteiger partial charge on any atom is -0.497 e. The number of carbonyl (C=O) groups is 1. The first-order valence-electron chi connectivity index (χ1n) is 7.10. The second kappa shape index (κ2) is 5.43. The molecule has 1 N–H and O–H groups in total. The van der Waals surface area contributed by atoms with Gasteiger partial charge in [0.2, 0.25) is 0 Å². The topological polar surface area (TPSA) is 47.6 Å². The van der Waals surface area contributed by atoms with Gasteiger partial charge in [-0.3, -0.25) is 5.32 Å². The molecule has 1 amide bonds. The van der Waals surface area contributed by atoms with E-state index in [1.165, 1.54) is 37.4 Å². The zero-order valence-electron chi connectivity index (χ0n) is 12.9. The molecule has 0 aromatic heterocycles.